The summed E-state index contributed by atoms with van der Waals surface area (Å²) < 4.78 is 4.65. The molecule has 1 aliphatic carbocycles. The number of carbonyl (C=O) groups is 2. The van der Waals surface area contributed by atoms with Crippen molar-refractivity contribution in [2.45, 2.75) is 39.5 Å². The van der Waals surface area contributed by atoms with E-state index in [1.165, 1.54) is 13.5 Å². The van der Waals surface area contributed by atoms with Gasteiger partial charge in [-0.05, 0) is 39.2 Å². The van der Waals surface area contributed by atoms with E-state index in [9.17, 15) is 9.59 Å². The summed E-state index contributed by atoms with van der Waals surface area (Å²) >= 11 is 0. The summed E-state index contributed by atoms with van der Waals surface area (Å²) in [6.07, 6.45) is 6.55. The van der Waals surface area contributed by atoms with Gasteiger partial charge in [-0.1, -0.05) is 13.0 Å². The molecule has 20 heavy (non-hydrogen) atoms. The summed E-state index contributed by atoms with van der Waals surface area (Å²) in [5.74, 6) is -0.244. The van der Waals surface area contributed by atoms with Crippen LogP contribution >= 0.6 is 0 Å². The molecule has 0 aromatic heterocycles. The topological polar surface area (TPSA) is 49.9 Å². The number of nitrogens with zero attached hydrogens (tertiary/aromatic N) is 2. The van der Waals surface area contributed by atoms with Crippen molar-refractivity contribution in [1.29, 1.82) is 0 Å². The van der Waals surface area contributed by atoms with E-state index in [1.54, 1.807) is 4.90 Å². The highest BCUT2D eigenvalue weighted by Gasteiger charge is 2.21. The van der Waals surface area contributed by atoms with Crippen LogP contribution in [0, 0.1) is 0 Å². The fourth-order valence-electron chi connectivity index (χ4n) is 2.41. The molecule has 0 unspecified atom stereocenters. The highest BCUT2D eigenvalue weighted by molar-refractivity contribution is 5.81. The number of carbonyl (C=O) groups excluding carboxylic acids is 2. The molecule has 114 valence electrons. The summed E-state index contributed by atoms with van der Waals surface area (Å²) in [7, 11) is 1.36. The number of methoxy groups -OCH3 is 1. The van der Waals surface area contributed by atoms with Crippen LogP contribution in [0.25, 0.3) is 0 Å². The second-order valence-corrected chi connectivity index (χ2v) is 4.96. The van der Waals surface area contributed by atoms with Gasteiger partial charge >= 0.3 is 5.97 Å². The summed E-state index contributed by atoms with van der Waals surface area (Å²) in [4.78, 5) is 27.4. The van der Waals surface area contributed by atoms with E-state index in [1.807, 2.05) is 18.7 Å². The van der Waals surface area contributed by atoms with Crippen molar-refractivity contribution < 1.29 is 14.3 Å². The Morgan fingerprint density at radius 1 is 1.20 bits per heavy atom. The van der Waals surface area contributed by atoms with Crippen molar-refractivity contribution in [3.8, 4) is 0 Å². The van der Waals surface area contributed by atoms with Crippen LogP contribution in [0.1, 0.15) is 39.5 Å². The quantitative estimate of drug-likeness (QED) is 0.668. The maximum atomic E-state index is 12.4. The molecule has 0 bridgehead atoms. The molecular weight excluding hydrogens is 256 g/mol. The van der Waals surface area contributed by atoms with Gasteiger partial charge in [0.2, 0.25) is 5.91 Å². The van der Waals surface area contributed by atoms with Crippen molar-refractivity contribution in [2.24, 2.45) is 0 Å². The van der Waals surface area contributed by atoms with Crippen molar-refractivity contribution in [1.82, 2.24) is 9.80 Å². The zero-order chi connectivity index (χ0) is 15.0. The average molecular weight is 282 g/mol. The van der Waals surface area contributed by atoms with E-state index in [2.05, 4.69) is 10.8 Å². The van der Waals surface area contributed by atoms with Crippen LogP contribution in [-0.2, 0) is 14.3 Å². The predicted octanol–water partition coefficient (Wildman–Crippen LogP) is 1.79. The second-order valence-electron chi connectivity index (χ2n) is 4.96. The smallest absolute Gasteiger partial charge is 0.319 e. The Kier molecular flexibility index (Phi) is 7.30. The van der Waals surface area contributed by atoms with Crippen LogP contribution in [0.3, 0.4) is 0 Å². The summed E-state index contributed by atoms with van der Waals surface area (Å²) in [6, 6.07) is 0. The number of allylic oxidation sites excluding steroid dienone is 2. The minimum Gasteiger partial charge on any atom is -0.468 e. The number of likely N-dealkylation sites (N-methyl/N-ethyl adjacent to an activating group) is 2. The van der Waals surface area contributed by atoms with Gasteiger partial charge in [-0.3, -0.25) is 14.5 Å². The molecule has 1 amide bonds. The van der Waals surface area contributed by atoms with E-state index >= 15 is 0 Å². The Balaban J connectivity index is 2.61. The molecule has 0 spiro atoms. The van der Waals surface area contributed by atoms with E-state index in [4.69, 9.17) is 0 Å². The fourth-order valence-corrected chi connectivity index (χ4v) is 2.41. The standard InChI is InChI=1S/C15H26N2O3/c1-4-16(12-15(19)20-3)11-14(18)17(5-2)13-9-7-6-8-10-13/h9H,4-8,10-12H2,1-3H3. The maximum absolute atomic E-state index is 12.4. The molecule has 0 aliphatic heterocycles. The van der Waals surface area contributed by atoms with Gasteiger partial charge in [0.05, 0.1) is 20.2 Å². The van der Waals surface area contributed by atoms with Gasteiger partial charge in [-0.25, -0.2) is 0 Å². The number of amides is 1. The van der Waals surface area contributed by atoms with E-state index in [0.717, 1.165) is 25.0 Å². The molecule has 0 radical (unpaired) electrons. The molecule has 0 fully saturated rings. The SMILES string of the molecule is CCN(CC(=O)OC)CC(=O)N(CC)C1=CCCCC1. The molecule has 0 saturated carbocycles. The third kappa shape index (κ3) is 4.96. The Bertz CT molecular complexity index is 366. The lowest BCUT2D eigenvalue weighted by atomic mass is 10.0. The highest BCUT2D eigenvalue weighted by atomic mass is 16.5. The van der Waals surface area contributed by atoms with Crippen LogP contribution in [0.5, 0.6) is 0 Å². The highest BCUT2D eigenvalue weighted by Crippen LogP contribution is 2.21. The van der Waals surface area contributed by atoms with Crippen LogP contribution in [0.2, 0.25) is 0 Å². The zero-order valence-electron chi connectivity index (χ0n) is 12.9. The summed E-state index contributed by atoms with van der Waals surface area (Å²) in [6.45, 7) is 5.68. The van der Waals surface area contributed by atoms with Crippen LogP contribution in [-0.4, -0.2) is 55.0 Å². The number of ether oxygens (including phenoxy) is 1. The van der Waals surface area contributed by atoms with E-state index in [-0.39, 0.29) is 25.0 Å². The molecule has 1 rings (SSSR count). The Hall–Kier alpha value is -1.36. The number of hydrogen-bond acceptors (Lipinski definition) is 4. The zero-order valence-corrected chi connectivity index (χ0v) is 12.9. The fraction of sp³-hybridized carbons (Fsp3) is 0.733. The van der Waals surface area contributed by atoms with Gasteiger partial charge in [0.1, 0.15) is 0 Å². The predicted molar refractivity (Wildman–Crippen MR) is 78.1 cm³/mol. The van der Waals surface area contributed by atoms with Gasteiger partial charge in [0.15, 0.2) is 0 Å². The normalized spacial score (nSPS) is 14.9. The molecule has 5 heteroatoms. The lowest BCUT2D eigenvalue weighted by Crippen LogP contribution is -2.42. The van der Waals surface area contributed by atoms with Gasteiger partial charge in [-0.2, -0.15) is 0 Å². The maximum Gasteiger partial charge on any atom is 0.319 e. The molecule has 1 aliphatic rings. The van der Waals surface area contributed by atoms with Crippen LogP contribution < -0.4 is 0 Å². The summed E-state index contributed by atoms with van der Waals surface area (Å²) in [5, 5.41) is 0. The van der Waals surface area contributed by atoms with Gasteiger partial charge in [-0.15, -0.1) is 0 Å². The minimum absolute atomic E-state index is 0.0615. The number of esters is 1. The number of hydrogen-bond donors (Lipinski definition) is 0. The molecule has 0 aromatic rings. The Morgan fingerprint density at radius 2 is 1.95 bits per heavy atom. The monoisotopic (exact) mass is 282 g/mol. The largest absolute Gasteiger partial charge is 0.468 e. The minimum atomic E-state index is -0.306. The molecule has 0 heterocycles. The lowest BCUT2D eigenvalue weighted by Gasteiger charge is -2.29. The van der Waals surface area contributed by atoms with E-state index < -0.39 is 0 Å². The van der Waals surface area contributed by atoms with Gasteiger partial charge in [0.25, 0.3) is 0 Å². The van der Waals surface area contributed by atoms with Crippen molar-refractivity contribution >= 4 is 11.9 Å². The Morgan fingerprint density at radius 3 is 2.45 bits per heavy atom. The molecule has 0 saturated heterocycles. The number of rotatable bonds is 7. The van der Waals surface area contributed by atoms with Gasteiger partial charge < -0.3 is 9.64 Å². The average Bonchev–Trinajstić information content (AvgIpc) is 2.48. The van der Waals surface area contributed by atoms with Gasteiger partial charge in [0, 0.05) is 12.2 Å². The first-order valence-corrected chi connectivity index (χ1v) is 7.40. The lowest BCUT2D eigenvalue weighted by molar-refractivity contribution is -0.142. The first-order chi connectivity index (χ1) is 9.62. The van der Waals surface area contributed by atoms with Crippen molar-refractivity contribution in [3.63, 3.8) is 0 Å². The molecule has 5 nitrogen and oxygen atoms in total. The van der Waals surface area contributed by atoms with Crippen molar-refractivity contribution in [2.75, 3.05) is 33.3 Å². The first kappa shape index (κ1) is 16.7. The van der Waals surface area contributed by atoms with Crippen LogP contribution in [0.4, 0.5) is 0 Å². The molecule has 0 atom stereocenters. The second kappa shape index (κ2) is 8.74. The van der Waals surface area contributed by atoms with Crippen LogP contribution in [0.15, 0.2) is 11.8 Å². The van der Waals surface area contributed by atoms with Crippen molar-refractivity contribution in [3.05, 3.63) is 11.8 Å². The molecular formula is C15H26N2O3. The third-order valence-electron chi connectivity index (χ3n) is 3.62. The molecule has 0 N–H and O–H groups in total. The summed E-state index contributed by atoms with van der Waals surface area (Å²) in [5.41, 5.74) is 1.14. The third-order valence-corrected chi connectivity index (χ3v) is 3.62. The first-order valence-electron chi connectivity index (χ1n) is 7.40. The Labute approximate surface area is 121 Å². The molecule has 0 aromatic carbocycles. The van der Waals surface area contributed by atoms with E-state index in [0.29, 0.717) is 13.1 Å².